The number of aryl methyl sites for hydroxylation is 2. The first-order valence-corrected chi connectivity index (χ1v) is 13.2. The summed E-state index contributed by atoms with van der Waals surface area (Å²) in [4.78, 5) is 0. The Morgan fingerprint density at radius 1 is 0.792 bits per heavy atom. The first-order chi connectivity index (χ1) is 11.6. The van der Waals surface area contributed by atoms with Crippen LogP contribution in [0.5, 0.6) is 0 Å². The highest BCUT2D eigenvalue weighted by Gasteiger charge is 2.18. The standard InChI is InChI=1S/C20H27OPS2/c1-5-17-11-7-9-13-19(17)15(3)23-22(21)24-16(4)20-14-10-8-12-18(20)6-2/h7-16,22H,5-6H2,1-4H3. The highest BCUT2D eigenvalue weighted by atomic mass is 33.1. The van der Waals surface area contributed by atoms with Gasteiger partial charge in [-0.1, -0.05) is 85.1 Å². The van der Waals surface area contributed by atoms with Crippen LogP contribution in [0.1, 0.15) is 60.4 Å². The number of benzene rings is 2. The molecule has 1 nitrogen and oxygen atoms in total. The number of hydrogen-bond acceptors (Lipinski definition) is 3. The van der Waals surface area contributed by atoms with Crippen LogP contribution >= 0.6 is 29.0 Å². The Hall–Kier alpha value is -0.630. The van der Waals surface area contributed by atoms with Crippen LogP contribution in [0.25, 0.3) is 0 Å². The molecule has 0 aromatic heterocycles. The Kier molecular flexibility index (Phi) is 8.00. The van der Waals surface area contributed by atoms with Gasteiger partial charge in [0.15, 0.2) is 6.20 Å². The van der Waals surface area contributed by atoms with Crippen molar-refractivity contribution in [2.45, 2.75) is 51.0 Å². The van der Waals surface area contributed by atoms with Gasteiger partial charge in [0.1, 0.15) is 0 Å². The average molecular weight is 379 g/mol. The lowest BCUT2D eigenvalue weighted by molar-refractivity contribution is 0.603. The minimum Gasteiger partial charge on any atom is -0.304 e. The van der Waals surface area contributed by atoms with E-state index in [1.165, 1.54) is 22.3 Å². The summed E-state index contributed by atoms with van der Waals surface area (Å²) < 4.78 is 12.7. The third-order valence-electron chi connectivity index (χ3n) is 4.29. The topological polar surface area (TPSA) is 17.1 Å². The van der Waals surface area contributed by atoms with E-state index in [1.54, 1.807) is 22.8 Å². The van der Waals surface area contributed by atoms with Gasteiger partial charge in [0.25, 0.3) is 0 Å². The smallest absolute Gasteiger partial charge is 0.181 e. The van der Waals surface area contributed by atoms with Crippen LogP contribution in [0.4, 0.5) is 0 Å². The molecular weight excluding hydrogens is 351 g/mol. The van der Waals surface area contributed by atoms with E-state index in [0.29, 0.717) is 0 Å². The molecule has 0 aliphatic carbocycles. The van der Waals surface area contributed by atoms with Gasteiger partial charge in [-0.3, -0.25) is 0 Å². The van der Waals surface area contributed by atoms with Gasteiger partial charge in [-0.25, -0.2) is 0 Å². The molecule has 0 bridgehead atoms. The summed E-state index contributed by atoms with van der Waals surface area (Å²) in [6.45, 7) is 8.70. The Balaban J connectivity index is 2.02. The van der Waals surface area contributed by atoms with E-state index in [0.717, 1.165) is 12.8 Å². The van der Waals surface area contributed by atoms with Crippen molar-refractivity contribution in [2.75, 3.05) is 0 Å². The molecule has 24 heavy (non-hydrogen) atoms. The summed E-state index contributed by atoms with van der Waals surface area (Å²) in [5.74, 6) is 0. The molecule has 2 aromatic carbocycles. The molecule has 0 heterocycles. The van der Waals surface area contributed by atoms with Gasteiger partial charge >= 0.3 is 0 Å². The van der Waals surface area contributed by atoms with Gasteiger partial charge in [-0.2, -0.15) is 0 Å². The van der Waals surface area contributed by atoms with Gasteiger partial charge in [0.05, 0.1) is 0 Å². The minimum atomic E-state index is -1.75. The van der Waals surface area contributed by atoms with Crippen LogP contribution < -0.4 is 0 Å². The second kappa shape index (κ2) is 9.75. The Morgan fingerprint density at radius 3 is 1.54 bits per heavy atom. The summed E-state index contributed by atoms with van der Waals surface area (Å²) in [6.07, 6.45) is 0.299. The van der Waals surface area contributed by atoms with E-state index in [2.05, 4.69) is 76.2 Å². The van der Waals surface area contributed by atoms with Gasteiger partial charge in [0.2, 0.25) is 0 Å². The molecule has 0 amide bonds. The summed E-state index contributed by atoms with van der Waals surface area (Å²) in [5.41, 5.74) is 5.37. The van der Waals surface area contributed by atoms with Crippen molar-refractivity contribution in [3.8, 4) is 0 Å². The van der Waals surface area contributed by atoms with Crippen molar-refractivity contribution in [3.63, 3.8) is 0 Å². The monoisotopic (exact) mass is 378 g/mol. The second-order valence-electron chi connectivity index (χ2n) is 5.87. The second-order valence-corrected chi connectivity index (χ2v) is 12.7. The maximum atomic E-state index is 12.7. The highest BCUT2D eigenvalue weighted by Crippen LogP contribution is 2.61. The van der Waals surface area contributed by atoms with Crippen LogP contribution in [0.3, 0.4) is 0 Å². The van der Waals surface area contributed by atoms with Crippen molar-refractivity contribution in [1.29, 1.82) is 0 Å². The fourth-order valence-corrected chi connectivity index (χ4v) is 10.1. The van der Waals surface area contributed by atoms with Crippen molar-refractivity contribution in [3.05, 3.63) is 70.8 Å². The van der Waals surface area contributed by atoms with E-state index >= 15 is 0 Å². The quantitative estimate of drug-likeness (QED) is 0.443. The fourth-order valence-electron chi connectivity index (χ4n) is 2.95. The fraction of sp³-hybridized carbons (Fsp3) is 0.400. The predicted octanol–water partition coefficient (Wildman–Crippen LogP) is 7.49. The van der Waals surface area contributed by atoms with E-state index in [4.69, 9.17) is 0 Å². The summed E-state index contributed by atoms with van der Waals surface area (Å²) in [6, 6.07) is 17.0. The Bertz CT molecular complexity index is 629. The average Bonchev–Trinajstić information content (AvgIpc) is 2.61. The molecule has 0 N–H and O–H groups in total. The molecule has 2 unspecified atom stereocenters. The minimum absolute atomic E-state index is 0.272. The largest absolute Gasteiger partial charge is 0.304 e. The Labute approximate surface area is 155 Å². The van der Waals surface area contributed by atoms with Crippen LogP contribution in [0.15, 0.2) is 48.5 Å². The molecule has 2 rings (SSSR count). The normalized spacial score (nSPS) is 15.0. The van der Waals surface area contributed by atoms with Gasteiger partial charge in [-0.05, 0) is 48.9 Å². The van der Waals surface area contributed by atoms with Crippen LogP contribution in [-0.2, 0) is 17.4 Å². The molecule has 0 spiro atoms. The van der Waals surface area contributed by atoms with Crippen molar-refractivity contribution < 1.29 is 4.57 Å². The predicted molar refractivity (Wildman–Crippen MR) is 113 cm³/mol. The molecule has 0 aliphatic rings. The first-order valence-electron chi connectivity index (χ1n) is 8.59. The lowest BCUT2D eigenvalue weighted by Crippen LogP contribution is -1.95. The lowest BCUT2D eigenvalue weighted by atomic mass is 10.0. The summed E-state index contributed by atoms with van der Waals surface area (Å²) in [5, 5.41) is 0.544. The molecule has 2 aromatic rings. The van der Waals surface area contributed by atoms with E-state index in [-0.39, 0.29) is 10.5 Å². The highest BCUT2D eigenvalue weighted by molar-refractivity contribution is 8.84. The SMILES string of the molecule is CCc1ccccc1C(C)S[PH](=O)SC(C)c1ccccc1CC. The molecule has 2 atom stereocenters. The van der Waals surface area contributed by atoms with Gasteiger partial charge in [0, 0.05) is 10.5 Å². The van der Waals surface area contributed by atoms with Crippen molar-refractivity contribution >= 4 is 29.0 Å². The first kappa shape index (κ1) is 19.7. The third-order valence-corrected chi connectivity index (χ3v) is 10.9. The molecule has 0 fully saturated rings. The molecular formula is C20H27OPS2. The van der Waals surface area contributed by atoms with Crippen LogP contribution in [-0.4, -0.2) is 0 Å². The van der Waals surface area contributed by atoms with E-state index in [9.17, 15) is 4.57 Å². The Morgan fingerprint density at radius 2 is 1.17 bits per heavy atom. The molecule has 0 saturated heterocycles. The van der Waals surface area contributed by atoms with Crippen molar-refractivity contribution in [1.82, 2.24) is 0 Å². The van der Waals surface area contributed by atoms with E-state index < -0.39 is 6.20 Å². The third kappa shape index (κ3) is 5.18. The zero-order chi connectivity index (χ0) is 17.5. The maximum absolute atomic E-state index is 12.7. The molecule has 130 valence electrons. The van der Waals surface area contributed by atoms with Crippen LogP contribution in [0.2, 0.25) is 0 Å². The van der Waals surface area contributed by atoms with Gasteiger partial charge < -0.3 is 4.57 Å². The maximum Gasteiger partial charge on any atom is 0.181 e. The zero-order valence-corrected chi connectivity index (χ0v) is 17.5. The van der Waals surface area contributed by atoms with Crippen molar-refractivity contribution in [2.24, 2.45) is 0 Å². The summed E-state index contributed by atoms with van der Waals surface area (Å²) >= 11 is 3.26. The van der Waals surface area contributed by atoms with Crippen LogP contribution in [0, 0.1) is 0 Å². The summed E-state index contributed by atoms with van der Waals surface area (Å²) in [7, 11) is 0. The molecule has 0 aliphatic heterocycles. The molecule has 0 saturated carbocycles. The lowest BCUT2D eigenvalue weighted by Gasteiger charge is -2.18. The molecule has 0 radical (unpaired) electrons. The zero-order valence-electron chi connectivity index (χ0n) is 14.9. The molecule has 4 heteroatoms. The van der Waals surface area contributed by atoms with Gasteiger partial charge in [-0.15, -0.1) is 0 Å². The number of hydrogen-bond donors (Lipinski definition) is 0. The number of rotatable bonds is 8. The van der Waals surface area contributed by atoms with E-state index in [1.807, 2.05) is 0 Å².